The van der Waals surface area contributed by atoms with Gasteiger partial charge in [-0.1, -0.05) is 42.5 Å². The van der Waals surface area contributed by atoms with Gasteiger partial charge in [-0.15, -0.1) is 24.5 Å². The van der Waals surface area contributed by atoms with Crippen molar-refractivity contribution in [2.75, 3.05) is 7.05 Å². The van der Waals surface area contributed by atoms with Crippen molar-refractivity contribution in [2.45, 2.75) is 25.2 Å². The van der Waals surface area contributed by atoms with Gasteiger partial charge < -0.3 is 10.5 Å². The third kappa shape index (κ3) is 4.73. The molecule has 172 valence electrons. The Morgan fingerprint density at radius 1 is 1.12 bits per heavy atom. The first-order valence-electron chi connectivity index (χ1n) is 10.2. The summed E-state index contributed by atoms with van der Waals surface area (Å²) in [6.07, 6.45) is -4.29. The molecule has 2 aromatic carbocycles. The van der Waals surface area contributed by atoms with Crippen molar-refractivity contribution in [1.29, 1.82) is 0 Å². The van der Waals surface area contributed by atoms with E-state index in [2.05, 4.69) is 4.74 Å². The molecule has 0 bridgehead atoms. The Morgan fingerprint density at radius 3 is 2.55 bits per heavy atom. The second-order valence-corrected chi connectivity index (χ2v) is 8.94. The Labute approximate surface area is 193 Å². The maximum atomic E-state index is 13.2. The van der Waals surface area contributed by atoms with Crippen LogP contribution < -0.4 is 10.5 Å². The minimum atomic E-state index is -4.77. The van der Waals surface area contributed by atoms with E-state index in [-0.39, 0.29) is 17.6 Å². The summed E-state index contributed by atoms with van der Waals surface area (Å²) in [5, 5.41) is 1.83. The van der Waals surface area contributed by atoms with E-state index in [1.165, 1.54) is 34.4 Å². The molecule has 0 saturated carbocycles. The lowest BCUT2D eigenvalue weighted by atomic mass is 9.78. The maximum absolute atomic E-state index is 13.2. The number of nitrogens with two attached hydrogens (primary N) is 1. The highest BCUT2D eigenvalue weighted by Crippen LogP contribution is 2.44. The van der Waals surface area contributed by atoms with E-state index in [0.717, 1.165) is 10.4 Å². The molecule has 1 amide bonds. The van der Waals surface area contributed by atoms with Crippen LogP contribution in [-0.2, 0) is 16.8 Å². The van der Waals surface area contributed by atoms with Gasteiger partial charge in [0.05, 0.1) is 5.92 Å². The topological polar surface area (TPSA) is 67.9 Å². The number of rotatable bonds is 5. The second kappa shape index (κ2) is 8.55. The van der Waals surface area contributed by atoms with Crippen molar-refractivity contribution in [2.24, 2.45) is 16.6 Å². The number of hydrogen-bond donors (Lipinski definition) is 1. The average Bonchev–Trinajstić information content (AvgIpc) is 3.26. The fourth-order valence-corrected chi connectivity index (χ4v) is 5.05. The maximum Gasteiger partial charge on any atom is 0.573 e. The summed E-state index contributed by atoms with van der Waals surface area (Å²) in [5.74, 6) is -0.798. The van der Waals surface area contributed by atoms with Crippen LogP contribution in [0.4, 0.5) is 13.2 Å². The molecular weight excluding hydrogens is 451 g/mol. The summed E-state index contributed by atoms with van der Waals surface area (Å²) in [6.45, 7) is 1.87. The number of benzene rings is 2. The third-order valence-corrected chi connectivity index (χ3v) is 6.94. The van der Waals surface area contributed by atoms with Crippen LogP contribution in [0.1, 0.15) is 17.4 Å². The van der Waals surface area contributed by atoms with E-state index in [0.29, 0.717) is 17.5 Å². The quantitative estimate of drug-likeness (QED) is 0.556. The minimum Gasteiger partial charge on any atom is -0.406 e. The highest BCUT2D eigenvalue weighted by molar-refractivity contribution is 7.10. The number of ether oxygens (including phenoxy) is 1. The van der Waals surface area contributed by atoms with Crippen molar-refractivity contribution in [1.82, 2.24) is 4.90 Å². The number of halogens is 3. The lowest BCUT2D eigenvalue weighted by Gasteiger charge is -2.40. The van der Waals surface area contributed by atoms with Crippen molar-refractivity contribution in [3.8, 4) is 16.9 Å². The average molecular weight is 474 g/mol. The van der Waals surface area contributed by atoms with E-state index in [1.54, 1.807) is 13.1 Å². The number of thiophene rings is 1. The highest BCUT2D eigenvalue weighted by atomic mass is 32.1. The number of alkyl halides is 3. The molecule has 1 aliphatic heterocycles. The molecule has 2 heterocycles. The summed E-state index contributed by atoms with van der Waals surface area (Å²) in [7, 11) is 1.60. The molecule has 2 atom stereocenters. The summed E-state index contributed by atoms with van der Waals surface area (Å²) in [6, 6.07) is 17.3. The number of carbonyl (C=O) groups excluding carboxylic acids is 1. The van der Waals surface area contributed by atoms with E-state index >= 15 is 0 Å². The number of hydrogen-bond acceptors (Lipinski definition) is 5. The fraction of sp³-hybridized carbons (Fsp3) is 0.250. The van der Waals surface area contributed by atoms with E-state index in [1.807, 2.05) is 48.7 Å². The van der Waals surface area contributed by atoms with Gasteiger partial charge in [0.25, 0.3) is 0 Å². The smallest absolute Gasteiger partial charge is 0.406 e. The SMILES string of the molecule is CN1C(=O)[C@H](Cc2ccccc2)C(C)(c2cc(-c3cccc(OC(F)(F)F)c3)cs2)N=C1N. The van der Waals surface area contributed by atoms with Crippen LogP contribution in [0.25, 0.3) is 11.1 Å². The van der Waals surface area contributed by atoms with Crippen molar-refractivity contribution in [3.05, 3.63) is 76.5 Å². The Hall–Kier alpha value is -3.33. The first-order chi connectivity index (χ1) is 15.6. The zero-order valence-electron chi connectivity index (χ0n) is 18.0. The summed E-state index contributed by atoms with van der Waals surface area (Å²) >= 11 is 1.39. The van der Waals surface area contributed by atoms with Crippen LogP contribution >= 0.6 is 11.3 Å². The molecule has 9 heteroatoms. The van der Waals surface area contributed by atoms with E-state index in [9.17, 15) is 18.0 Å². The molecule has 1 aliphatic rings. The van der Waals surface area contributed by atoms with Gasteiger partial charge in [-0.05, 0) is 53.6 Å². The minimum absolute atomic E-state index is 0.127. The van der Waals surface area contributed by atoms with Crippen LogP contribution in [0.2, 0.25) is 0 Å². The van der Waals surface area contributed by atoms with Gasteiger partial charge in [-0.25, -0.2) is 4.99 Å². The Balaban J connectivity index is 1.71. The molecule has 0 radical (unpaired) electrons. The monoisotopic (exact) mass is 473 g/mol. The molecule has 3 aromatic rings. The van der Waals surface area contributed by atoms with E-state index < -0.39 is 17.8 Å². The molecular formula is C24H22F3N3O2S. The van der Waals surface area contributed by atoms with Crippen LogP contribution in [0.15, 0.2) is 71.0 Å². The van der Waals surface area contributed by atoms with Crippen LogP contribution in [0.3, 0.4) is 0 Å². The predicted molar refractivity (Wildman–Crippen MR) is 122 cm³/mol. The van der Waals surface area contributed by atoms with Gasteiger partial charge in [0.15, 0.2) is 5.96 Å². The standard InChI is InChI=1S/C24H22F3N3O2S/c1-23(19(11-15-7-4-3-5-8-15)21(31)30(2)22(28)29-23)20-13-17(14-33-20)16-9-6-10-18(12-16)32-24(25,26)27/h3-10,12-14,19H,11H2,1-2H3,(H2,28,29)/t19-,23?/m0/s1. The molecule has 1 unspecified atom stereocenters. The first-order valence-corrected chi connectivity index (χ1v) is 11.1. The normalized spacial score (nSPS) is 21.1. The lowest BCUT2D eigenvalue weighted by Crippen LogP contribution is -2.54. The van der Waals surface area contributed by atoms with Crippen molar-refractivity contribution < 1.29 is 22.7 Å². The molecule has 4 rings (SSSR count). The Morgan fingerprint density at radius 2 is 1.85 bits per heavy atom. The Kier molecular flexibility index (Phi) is 5.92. The second-order valence-electron chi connectivity index (χ2n) is 8.03. The number of carbonyl (C=O) groups is 1. The summed E-state index contributed by atoms with van der Waals surface area (Å²) in [5.41, 5.74) is 7.43. The summed E-state index contributed by atoms with van der Waals surface area (Å²) < 4.78 is 41.9. The number of amides is 1. The zero-order valence-corrected chi connectivity index (χ0v) is 18.8. The van der Waals surface area contributed by atoms with Gasteiger partial charge in [-0.2, -0.15) is 0 Å². The fourth-order valence-electron chi connectivity index (χ4n) is 3.97. The molecule has 5 nitrogen and oxygen atoms in total. The van der Waals surface area contributed by atoms with Crippen LogP contribution in [0.5, 0.6) is 5.75 Å². The zero-order chi connectivity index (χ0) is 23.8. The first kappa shape index (κ1) is 22.8. The van der Waals surface area contributed by atoms with Gasteiger partial charge in [0, 0.05) is 11.9 Å². The van der Waals surface area contributed by atoms with Gasteiger partial charge in [-0.3, -0.25) is 9.69 Å². The third-order valence-electron chi connectivity index (χ3n) is 5.78. The van der Waals surface area contributed by atoms with Crippen molar-refractivity contribution in [3.63, 3.8) is 0 Å². The lowest BCUT2D eigenvalue weighted by molar-refractivity contribution is -0.274. The van der Waals surface area contributed by atoms with Gasteiger partial charge in [0.2, 0.25) is 5.91 Å². The summed E-state index contributed by atoms with van der Waals surface area (Å²) in [4.78, 5) is 20.1. The van der Waals surface area contributed by atoms with Gasteiger partial charge >= 0.3 is 6.36 Å². The van der Waals surface area contributed by atoms with Crippen LogP contribution in [0, 0.1) is 5.92 Å². The van der Waals surface area contributed by atoms with E-state index in [4.69, 9.17) is 10.7 Å². The molecule has 33 heavy (non-hydrogen) atoms. The molecule has 0 aliphatic carbocycles. The molecule has 0 saturated heterocycles. The molecule has 0 spiro atoms. The van der Waals surface area contributed by atoms with Gasteiger partial charge in [0.1, 0.15) is 11.3 Å². The molecule has 1 aromatic heterocycles. The number of guanidine groups is 1. The highest BCUT2D eigenvalue weighted by Gasteiger charge is 2.47. The van der Waals surface area contributed by atoms with Crippen LogP contribution in [-0.4, -0.2) is 30.2 Å². The predicted octanol–water partition coefficient (Wildman–Crippen LogP) is 5.17. The Bertz CT molecular complexity index is 1190. The molecule has 2 N–H and O–H groups in total. The number of nitrogens with zero attached hydrogens (tertiary/aromatic N) is 2. The molecule has 0 fully saturated rings. The number of aliphatic imine (C=N–C) groups is 1. The van der Waals surface area contributed by atoms with Crippen molar-refractivity contribution >= 4 is 23.2 Å². The largest absolute Gasteiger partial charge is 0.573 e.